The van der Waals surface area contributed by atoms with Gasteiger partial charge in [0.25, 0.3) is 11.6 Å². The summed E-state index contributed by atoms with van der Waals surface area (Å²) in [5.74, 6) is 0.690. The number of carbonyl (C=O) groups excluding carboxylic acids is 1. The number of aromatic nitrogens is 2. The Morgan fingerprint density at radius 1 is 1.13 bits per heavy atom. The molecule has 2 aromatic heterocycles. The number of amides is 1. The van der Waals surface area contributed by atoms with Crippen LogP contribution in [0.15, 0.2) is 83.5 Å². The lowest BCUT2D eigenvalue weighted by Gasteiger charge is -2.07. The van der Waals surface area contributed by atoms with Crippen LogP contribution in [0.1, 0.15) is 21.9 Å². The van der Waals surface area contributed by atoms with Crippen molar-refractivity contribution in [1.82, 2.24) is 9.78 Å². The predicted molar refractivity (Wildman–Crippen MR) is 112 cm³/mol. The minimum Gasteiger partial charge on any atom is -0.486 e. The van der Waals surface area contributed by atoms with Crippen LogP contribution in [-0.2, 0) is 13.2 Å². The van der Waals surface area contributed by atoms with Crippen LogP contribution in [0.5, 0.6) is 5.75 Å². The maximum atomic E-state index is 12.5. The van der Waals surface area contributed by atoms with E-state index < -0.39 is 4.92 Å². The fraction of sp³-hybridized carbons (Fsp3) is 0.0909. The SMILES string of the molecule is O=C(Nc1cccc(Cn2cccn2)c1)c1ccc(COc2ccc([N+](=O)[O-])cc2)o1. The molecule has 0 fully saturated rings. The molecule has 4 aromatic rings. The Morgan fingerprint density at radius 2 is 1.97 bits per heavy atom. The Hall–Kier alpha value is -4.40. The zero-order valence-electron chi connectivity index (χ0n) is 16.3. The molecule has 4 rings (SSSR count). The van der Waals surface area contributed by atoms with E-state index in [1.54, 1.807) is 29.1 Å². The summed E-state index contributed by atoms with van der Waals surface area (Å²) in [5.41, 5.74) is 1.63. The van der Waals surface area contributed by atoms with Crippen molar-refractivity contribution in [3.05, 3.63) is 106 Å². The van der Waals surface area contributed by atoms with Crippen LogP contribution in [0.4, 0.5) is 11.4 Å². The van der Waals surface area contributed by atoms with Gasteiger partial charge >= 0.3 is 0 Å². The van der Waals surface area contributed by atoms with Gasteiger partial charge in [0.05, 0.1) is 11.5 Å². The number of hydrogen-bond acceptors (Lipinski definition) is 6. The number of anilines is 1. The molecule has 0 saturated heterocycles. The Morgan fingerprint density at radius 3 is 2.71 bits per heavy atom. The molecule has 9 nitrogen and oxygen atoms in total. The van der Waals surface area contributed by atoms with E-state index in [-0.39, 0.29) is 24.0 Å². The molecule has 156 valence electrons. The first kappa shape index (κ1) is 19.9. The number of hydrogen-bond donors (Lipinski definition) is 1. The fourth-order valence-corrected chi connectivity index (χ4v) is 2.92. The molecule has 0 unspecified atom stereocenters. The van der Waals surface area contributed by atoms with Gasteiger partial charge in [-0.2, -0.15) is 5.10 Å². The van der Waals surface area contributed by atoms with Crippen molar-refractivity contribution in [3.8, 4) is 5.75 Å². The number of nitro groups is 1. The monoisotopic (exact) mass is 418 g/mol. The van der Waals surface area contributed by atoms with Gasteiger partial charge in [-0.1, -0.05) is 12.1 Å². The lowest BCUT2D eigenvalue weighted by atomic mass is 10.2. The molecule has 2 heterocycles. The van der Waals surface area contributed by atoms with Crippen molar-refractivity contribution in [3.63, 3.8) is 0 Å². The van der Waals surface area contributed by atoms with Crippen LogP contribution in [0.3, 0.4) is 0 Å². The summed E-state index contributed by atoms with van der Waals surface area (Å²) in [6, 6.07) is 18.3. The van der Waals surface area contributed by atoms with E-state index in [4.69, 9.17) is 9.15 Å². The van der Waals surface area contributed by atoms with Crippen LogP contribution in [0, 0.1) is 10.1 Å². The lowest BCUT2D eigenvalue weighted by molar-refractivity contribution is -0.384. The number of nitrogens with zero attached hydrogens (tertiary/aromatic N) is 3. The molecule has 0 aliphatic heterocycles. The smallest absolute Gasteiger partial charge is 0.291 e. The van der Waals surface area contributed by atoms with Crippen molar-refractivity contribution in [2.24, 2.45) is 0 Å². The minimum absolute atomic E-state index is 0.0157. The molecule has 0 spiro atoms. The second kappa shape index (κ2) is 8.95. The summed E-state index contributed by atoms with van der Waals surface area (Å²) >= 11 is 0. The van der Waals surface area contributed by atoms with Gasteiger partial charge in [-0.3, -0.25) is 19.6 Å². The number of nitro benzene ring substituents is 1. The molecule has 0 atom stereocenters. The Balaban J connectivity index is 1.34. The van der Waals surface area contributed by atoms with Crippen LogP contribution in [-0.4, -0.2) is 20.6 Å². The van der Waals surface area contributed by atoms with E-state index in [1.165, 1.54) is 24.3 Å². The number of ether oxygens (including phenoxy) is 1. The molecule has 0 aliphatic carbocycles. The topological polar surface area (TPSA) is 112 Å². The molecule has 0 saturated carbocycles. The third-order valence-corrected chi connectivity index (χ3v) is 4.40. The quantitative estimate of drug-likeness (QED) is 0.338. The first-order chi connectivity index (χ1) is 15.1. The lowest BCUT2D eigenvalue weighted by Crippen LogP contribution is -2.11. The van der Waals surface area contributed by atoms with Crippen LogP contribution in [0.2, 0.25) is 0 Å². The van der Waals surface area contributed by atoms with Gasteiger partial charge in [-0.05, 0) is 48.0 Å². The largest absolute Gasteiger partial charge is 0.486 e. The molecule has 0 radical (unpaired) electrons. The number of non-ortho nitro benzene ring substituents is 1. The summed E-state index contributed by atoms with van der Waals surface area (Å²) in [7, 11) is 0. The molecule has 2 aromatic carbocycles. The molecule has 0 bridgehead atoms. The minimum atomic E-state index is -0.478. The summed E-state index contributed by atoms with van der Waals surface area (Å²) < 4.78 is 12.9. The highest BCUT2D eigenvalue weighted by Gasteiger charge is 2.13. The summed E-state index contributed by atoms with van der Waals surface area (Å²) in [6.45, 7) is 0.687. The normalized spacial score (nSPS) is 10.6. The van der Waals surface area contributed by atoms with Crippen molar-refractivity contribution in [1.29, 1.82) is 0 Å². The number of benzene rings is 2. The van der Waals surface area contributed by atoms with Gasteiger partial charge < -0.3 is 14.5 Å². The third kappa shape index (κ3) is 5.15. The van der Waals surface area contributed by atoms with E-state index in [0.717, 1.165) is 5.56 Å². The Labute approximate surface area is 177 Å². The maximum absolute atomic E-state index is 12.5. The highest BCUT2D eigenvalue weighted by molar-refractivity contribution is 6.02. The molecular formula is C22H18N4O5. The van der Waals surface area contributed by atoms with Gasteiger partial charge in [-0.15, -0.1) is 0 Å². The predicted octanol–water partition coefficient (Wildman–Crippen LogP) is 4.26. The molecular weight excluding hydrogens is 400 g/mol. The number of furan rings is 1. The zero-order chi connectivity index (χ0) is 21.6. The second-order valence-corrected chi connectivity index (χ2v) is 6.66. The van der Waals surface area contributed by atoms with E-state index in [1.807, 2.05) is 30.5 Å². The Kier molecular flexibility index (Phi) is 5.75. The van der Waals surface area contributed by atoms with Crippen LogP contribution in [0.25, 0.3) is 0 Å². The van der Waals surface area contributed by atoms with Gasteiger partial charge in [-0.25, -0.2) is 0 Å². The molecule has 1 amide bonds. The van der Waals surface area contributed by atoms with Gasteiger partial charge in [0.15, 0.2) is 5.76 Å². The maximum Gasteiger partial charge on any atom is 0.291 e. The molecule has 1 N–H and O–H groups in total. The number of rotatable bonds is 8. The van der Waals surface area contributed by atoms with Crippen molar-refractivity contribution in [2.75, 3.05) is 5.32 Å². The van der Waals surface area contributed by atoms with E-state index in [0.29, 0.717) is 23.7 Å². The molecule has 0 aliphatic rings. The van der Waals surface area contributed by atoms with Crippen molar-refractivity contribution >= 4 is 17.3 Å². The first-order valence-electron chi connectivity index (χ1n) is 9.40. The van der Waals surface area contributed by atoms with Gasteiger partial charge in [0.2, 0.25) is 0 Å². The van der Waals surface area contributed by atoms with E-state index in [2.05, 4.69) is 10.4 Å². The molecule has 9 heteroatoms. The van der Waals surface area contributed by atoms with Crippen LogP contribution < -0.4 is 10.1 Å². The summed E-state index contributed by atoms with van der Waals surface area (Å²) in [5, 5.41) is 17.7. The number of carbonyl (C=O) groups is 1. The molecule has 31 heavy (non-hydrogen) atoms. The average molecular weight is 418 g/mol. The van der Waals surface area contributed by atoms with Crippen molar-refractivity contribution < 1.29 is 18.9 Å². The van der Waals surface area contributed by atoms with Crippen molar-refractivity contribution in [2.45, 2.75) is 13.2 Å². The van der Waals surface area contributed by atoms with Crippen LogP contribution >= 0.6 is 0 Å². The van der Waals surface area contributed by atoms with E-state index >= 15 is 0 Å². The van der Waals surface area contributed by atoms with E-state index in [9.17, 15) is 14.9 Å². The first-order valence-corrected chi connectivity index (χ1v) is 9.40. The highest BCUT2D eigenvalue weighted by Crippen LogP contribution is 2.20. The standard InChI is InChI=1S/C22H18N4O5/c27-22(24-17-4-1-3-16(13-17)14-25-12-2-11-23-25)21-10-9-20(31-21)15-30-19-7-5-18(6-8-19)26(28)29/h1-13H,14-15H2,(H,24,27). The number of nitrogens with one attached hydrogen (secondary N) is 1. The Bertz CT molecular complexity index is 1180. The third-order valence-electron chi connectivity index (χ3n) is 4.40. The highest BCUT2D eigenvalue weighted by atomic mass is 16.6. The second-order valence-electron chi connectivity index (χ2n) is 6.66. The fourth-order valence-electron chi connectivity index (χ4n) is 2.92. The summed E-state index contributed by atoms with van der Waals surface area (Å²) in [6.07, 6.45) is 3.58. The zero-order valence-corrected chi connectivity index (χ0v) is 16.3. The van der Waals surface area contributed by atoms with Gasteiger partial charge in [0, 0.05) is 30.2 Å². The average Bonchev–Trinajstić information content (AvgIpc) is 3.45. The van der Waals surface area contributed by atoms with Gasteiger partial charge in [0.1, 0.15) is 18.1 Å². The summed E-state index contributed by atoms with van der Waals surface area (Å²) in [4.78, 5) is 22.7.